The van der Waals surface area contributed by atoms with Crippen LogP contribution in [0.15, 0.2) is 24.4 Å². The number of nitrogens with zero attached hydrogens (tertiary/aromatic N) is 3. The third-order valence-corrected chi connectivity index (χ3v) is 3.82. The Morgan fingerprint density at radius 3 is 2.86 bits per heavy atom. The van der Waals surface area contributed by atoms with Crippen molar-refractivity contribution in [1.82, 2.24) is 9.97 Å². The number of carbonyl (C=O) groups is 1. The number of aryl methyl sites for hydroxylation is 2. The van der Waals surface area contributed by atoms with E-state index < -0.39 is 5.97 Å². The summed E-state index contributed by atoms with van der Waals surface area (Å²) in [7, 11) is 0. The maximum absolute atomic E-state index is 11.1. The van der Waals surface area contributed by atoms with E-state index >= 15 is 0 Å². The summed E-state index contributed by atoms with van der Waals surface area (Å²) in [5.74, 6) is 0.00262. The van der Waals surface area contributed by atoms with E-state index in [1.807, 2.05) is 19.9 Å². The molecule has 3 rings (SSSR count). The highest BCUT2D eigenvalue weighted by Gasteiger charge is 2.20. The quantitative estimate of drug-likeness (QED) is 0.916. The maximum Gasteiger partial charge on any atom is 0.335 e. The van der Waals surface area contributed by atoms with Gasteiger partial charge in [-0.05, 0) is 43.5 Å². The zero-order valence-corrected chi connectivity index (χ0v) is 12.1. The van der Waals surface area contributed by atoms with Crippen molar-refractivity contribution in [1.29, 1.82) is 0 Å². The summed E-state index contributed by atoms with van der Waals surface area (Å²) in [5, 5.41) is 9.11. The molecular formula is C16H17N3O2. The molecule has 2 aromatic rings. The van der Waals surface area contributed by atoms with Crippen LogP contribution in [0.25, 0.3) is 0 Å². The number of fused-ring (bicyclic) bond motifs is 1. The van der Waals surface area contributed by atoms with Crippen LogP contribution in [0, 0.1) is 13.8 Å². The second-order valence-electron chi connectivity index (χ2n) is 5.38. The highest BCUT2D eigenvalue weighted by atomic mass is 16.4. The fraction of sp³-hybridized carbons (Fsp3) is 0.312. The molecule has 0 amide bonds. The van der Waals surface area contributed by atoms with Crippen molar-refractivity contribution in [3.63, 3.8) is 0 Å². The lowest BCUT2D eigenvalue weighted by Gasteiger charge is -2.30. The van der Waals surface area contributed by atoms with Crippen LogP contribution in [0.2, 0.25) is 0 Å². The smallest absolute Gasteiger partial charge is 0.335 e. The topological polar surface area (TPSA) is 66.3 Å². The van der Waals surface area contributed by atoms with Crippen LogP contribution in [-0.4, -0.2) is 27.6 Å². The molecule has 0 saturated carbocycles. The lowest BCUT2D eigenvalue weighted by atomic mass is 9.97. The molecule has 0 spiro atoms. The van der Waals surface area contributed by atoms with Gasteiger partial charge in [0, 0.05) is 19.3 Å². The molecule has 0 bridgehead atoms. The highest BCUT2D eigenvalue weighted by molar-refractivity contribution is 5.88. The van der Waals surface area contributed by atoms with Crippen LogP contribution in [0.4, 0.5) is 5.82 Å². The SMILES string of the molecule is Cc1cnc(C)c(N2CCc3ccc(C(=O)O)cc3C2)n1. The number of carboxylic acid groups (broad SMARTS) is 1. The Hall–Kier alpha value is -2.43. The minimum absolute atomic E-state index is 0.336. The third-order valence-electron chi connectivity index (χ3n) is 3.82. The van der Waals surface area contributed by atoms with Crippen LogP contribution >= 0.6 is 0 Å². The van der Waals surface area contributed by atoms with Crippen LogP contribution in [0.1, 0.15) is 32.9 Å². The molecule has 1 aliphatic rings. The van der Waals surface area contributed by atoms with Crippen LogP contribution in [0.3, 0.4) is 0 Å². The lowest BCUT2D eigenvalue weighted by Crippen LogP contribution is -2.32. The first-order chi connectivity index (χ1) is 10.0. The van der Waals surface area contributed by atoms with Gasteiger partial charge < -0.3 is 10.0 Å². The van der Waals surface area contributed by atoms with Gasteiger partial charge in [0.2, 0.25) is 0 Å². The Bertz CT molecular complexity index is 713. The van der Waals surface area contributed by atoms with Crippen LogP contribution in [-0.2, 0) is 13.0 Å². The van der Waals surface area contributed by atoms with E-state index in [1.165, 1.54) is 5.56 Å². The largest absolute Gasteiger partial charge is 0.478 e. The molecule has 0 fully saturated rings. The summed E-state index contributed by atoms with van der Waals surface area (Å²) in [4.78, 5) is 22.2. The van der Waals surface area contributed by atoms with Crippen molar-refractivity contribution in [2.24, 2.45) is 0 Å². The molecular weight excluding hydrogens is 266 g/mol. The summed E-state index contributed by atoms with van der Waals surface area (Å²) < 4.78 is 0. The predicted octanol–water partition coefficient (Wildman–Crippen LogP) is 2.35. The first-order valence-electron chi connectivity index (χ1n) is 6.95. The molecule has 1 aliphatic heterocycles. The average molecular weight is 283 g/mol. The van der Waals surface area contributed by atoms with Crippen LogP contribution in [0.5, 0.6) is 0 Å². The number of hydrogen-bond donors (Lipinski definition) is 1. The Morgan fingerprint density at radius 1 is 1.29 bits per heavy atom. The fourth-order valence-electron chi connectivity index (χ4n) is 2.70. The Labute approximate surface area is 123 Å². The van der Waals surface area contributed by atoms with Crippen molar-refractivity contribution in [2.75, 3.05) is 11.4 Å². The first kappa shape index (κ1) is 13.5. The van der Waals surface area contributed by atoms with Gasteiger partial charge in [-0.1, -0.05) is 6.07 Å². The summed E-state index contributed by atoms with van der Waals surface area (Å²) >= 11 is 0. The van der Waals surface area contributed by atoms with Crippen molar-refractivity contribution < 1.29 is 9.90 Å². The standard InChI is InChI=1S/C16H17N3O2/c1-10-8-17-11(2)15(18-10)19-6-5-12-3-4-13(16(20)21)7-14(12)9-19/h3-4,7-8H,5-6,9H2,1-2H3,(H,20,21). The monoisotopic (exact) mass is 283 g/mol. The highest BCUT2D eigenvalue weighted by Crippen LogP contribution is 2.25. The molecule has 0 atom stereocenters. The predicted molar refractivity (Wildman–Crippen MR) is 79.7 cm³/mol. The van der Waals surface area contributed by atoms with E-state index in [0.29, 0.717) is 12.1 Å². The first-order valence-corrected chi connectivity index (χ1v) is 6.95. The number of aromatic carboxylic acids is 1. The van der Waals surface area contributed by atoms with Gasteiger partial charge in [0.05, 0.1) is 17.0 Å². The molecule has 0 unspecified atom stereocenters. The van der Waals surface area contributed by atoms with E-state index in [4.69, 9.17) is 5.11 Å². The maximum atomic E-state index is 11.1. The fourth-order valence-corrected chi connectivity index (χ4v) is 2.70. The van der Waals surface area contributed by atoms with E-state index in [2.05, 4.69) is 14.9 Å². The zero-order chi connectivity index (χ0) is 15.0. The van der Waals surface area contributed by atoms with E-state index in [9.17, 15) is 4.79 Å². The molecule has 1 aromatic carbocycles. The molecule has 2 heterocycles. The second kappa shape index (κ2) is 5.16. The summed E-state index contributed by atoms with van der Waals surface area (Å²) in [6.07, 6.45) is 2.66. The zero-order valence-electron chi connectivity index (χ0n) is 12.1. The molecule has 1 N–H and O–H groups in total. The third kappa shape index (κ3) is 2.59. The Balaban J connectivity index is 1.94. The van der Waals surface area contributed by atoms with Gasteiger partial charge in [-0.15, -0.1) is 0 Å². The van der Waals surface area contributed by atoms with Gasteiger partial charge in [-0.3, -0.25) is 4.98 Å². The van der Waals surface area contributed by atoms with Crippen molar-refractivity contribution in [3.8, 4) is 0 Å². The second-order valence-corrected chi connectivity index (χ2v) is 5.38. The minimum atomic E-state index is -0.888. The number of rotatable bonds is 2. The number of benzene rings is 1. The molecule has 5 nitrogen and oxygen atoms in total. The lowest BCUT2D eigenvalue weighted by molar-refractivity contribution is 0.0696. The number of aromatic nitrogens is 2. The molecule has 108 valence electrons. The van der Waals surface area contributed by atoms with Crippen LogP contribution < -0.4 is 4.90 Å². The number of anilines is 1. The van der Waals surface area contributed by atoms with E-state index in [0.717, 1.165) is 35.7 Å². The normalized spacial score (nSPS) is 13.9. The summed E-state index contributed by atoms with van der Waals surface area (Å²) in [6, 6.07) is 5.36. The molecule has 21 heavy (non-hydrogen) atoms. The molecule has 0 saturated heterocycles. The van der Waals surface area contributed by atoms with Crippen molar-refractivity contribution in [2.45, 2.75) is 26.8 Å². The van der Waals surface area contributed by atoms with Gasteiger partial charge in [0.1, 0.15) is 0 Å². The Kier molecular flexibility index (Phi) is 3.33. The van der Waals surface area contributed by atoms with Gasteiger partial charge >= 0.3 is 5.97 Å². The van der Waals surface area contributed by atoms with Gasteiger partial charge in [0.15, 0.2) is 5.82 Å². The number of carboxylic acids is 1. The Morgan fingerprint density at radius 2 is 2.10 bits per heavy atom. The van der Waals surface area contributed by atoms with Gasteiger partial charge in [0.25, 0.3) is 0 Å². The summed E-state index contributed by atoms with van der Waals surface area (Å²) in [5.41, 5.74) is 4.40. The van der Waals surface area contributed by atoms with Gasteiger partial charge in [-0.2, -0.15) is 0 Å². The van der Waals surface area contributed by atoms with E-state index in [-0.39, 0.29) is 0 Å². The molecule has 0 radical (unpaired) electrons. The average Bonchev–Trinajstić information content (AvgIpc) is 2.48. The number of hydrogen-bond acceptors (Lipinski definition) is 4. The van der Waals surface area contributed by atoms with Gasteiger partial charge in [-0.25, -0.2) is 9.78 Å². The van der Waals surface area contributed by atoms with Crippen molar-refractivity contribution >= 4 is 11.8 Å². The summed E-state index contributed by atoms with van der Waals surface area (Å²) in [6.45, 7) is 5.43. The molecule has 0 aliphatic carbocycles. The minimum Gasteiger partial charge on any atom is -0.478 e. The van der Waals surface area contributed by atoms with E-state index in [1.54, 1.807) is 18.3 Å². The molecule has 5 heteroatoms. The molecule has 1 aromatic heterocycles. The van der Waals surface area contributed by atoms with Crippen molar-refractivity contribution in [3.05, 3.63) is 52.5 Å².